The minimum absolute atomic E-state index is 0.400. The van der Waals surface area contributed by atoms with Crippen molar-refractivity contribution in [1.29, 1.82) is 0 Å². The van der Waals surface area contributed by atoms with Crippen molar-refractivity contribution in [2.24, 2.45) is 11.8 Å². The van der Waals surface area contributed by atoms with Crippen molar-refractivity contribution >= 4 is 11.6 Å². The first-order valence-electron chi connectivity index (χ1n) is 4.96. The molecule has 1 aliphatic carbocycles. The fourth-order valence-electron chi connectivity index (χ4n) is 2.27. The Hall–Kier alpha value is 0.250. The number of alkyl halides is 1. The molecule has 0 amide bonds. The molecule has 1 rings (SSSR count). The average Bonchev–Trinajstić information content (AvgIpc) is 2.03. The Bertz CT molecular complexity index is 136. The van der Waals surface area contributed by atoms with Crippen LogP contribution < -0.4 is 5.32 Å². The maximum Gasteiger partial charge on any atom is 0.0351 e. The molecule has 0 bridgehead atoms. The smallest absolute Gasteiger partial charge is 0.0351 e. The van der Waals surface area contributed by atoms with Crippen molar-refractivity contribution in [3.63, 3.8) is 0 Å². The summed E-state index contributed by atoms with van der Waals surface area (Å²) >= 11 is 6.12. The second-order valence-electron chi connectivity index (χ2n) is 4.21. The fourth-order valence-corrected chi connectivity index (χ4v) is 2.59. The summed E-state index contributed by atoms with van der Waals surface area (Å²) in [5.74, 6) is 1.61. The van der Waals surface area contributed by atoms with Crippen LogP contribution in [0.15, 0.2) is 0 Å². The number of hydrogen-bond acceptors (Lipinski definition) is 1. The number of nitrogens with one attached hydrogen (secondary N) is 1. The van der Waals surface area contributed by atoms with Crippen LogP contribution in [0.25, 0.3) is 0 Å². The predicted octanol–water partition coefficient (Wildman–Crippen LogP) is 2.64. The van der Waals surface area contributed by atoms with Gasteiger partial charge in [-0.25, -0.2) is 0 Å². The van der Waals surface area contributed by atoms with Crippen molar-refractivity contribution in [3.8, 4) is 0 Å². The SMILES string of the molecule is CNC1CC(Cl)CCC1C(C)C. The summed E-state index contributed by atoms with van der Waals surface area (Å²) < 4.78 is 0. The van der Waals surface area contributed by atoms with Crippen molar-refractivity contribution < 1.29 is 0 Å². The molecule has 1 fully saturated rings. The Kier molecular flexibility index (Phi) is 3.85. The Balaban J connectivity index is 2.50. The van der Waals surface area contributed by atoms with Gasteiger partial charge in [0.1, 0.15) is 0 Å². The topological polar surface area (TPSA) is 12.0 Å². The number of hydrogen-bond donors (Lipinski definition) is 1. The van der Waals surface area contributed by atoms with Crippen molar-refractivity contribution in [1.82, 2.24) is 5.32 Å². The lowest BCUT2D eigenvalue weighted by atomic mass is 9.78. The summed E-state index contributed by atoms with van der Waals surface area (Å²) in [7, 11) is 2.05. The van der Waals surface area contributed by atoms with Gasteiger partial charge in [-0.2, -0.15) is 0 Å². The minimum atomic E-state index is 0.400. The van der Waals surface area contributed by atoms with Gasteiger partial charge in [0, 0.05) is 11.4 Å². The Morgan fingerprint density at radius 2 is 2.00 bits per heavy atom. The molecule has 1 aliphatic rings. The van der Waals surface area contributed by atoms with Gasteiger partial charge in [0.25, 0.3) is 0 Å². The van der Waals surface area contributed by atoms with Gasteiger partial charge in [0.15, 0.2) is 0 Å². The highest BCUT2D eigenvalue weighted by Crippen LogP contribution is 2.32. The highest BCUT2D eigenvalue weighted by atomic mass is 35.5. The summed E-state index contributed by atoms with van der Waals surface area (Å²) in [4.78, 5) is 0. The molecule has 1 nitrogen and oxygen atoms in total. The maximum atomic E-state index is 6.12. The first-order chi connectivity index (χ1) is 5.65. The summed E-state index contributed by atoms with van der Waals surface area (Å²) in [5.41, 5.74) is 0. The highest BCUT2D eigenvalue weighted by molar-refractivity contribution is 6.20. The molecular formula is C10H20ClN. The summed E-state index contributed by atoms with van der Waals surface area (Å²) in [6.45, 7) is 4.62. The van der Waals surface area contributed by atoms with Crippen LogP contribution in [0.5, 0.6) is 0 Å². The largest absolute Gasteiger partial charge is 0.317 e. The van der Waals surface area contributed by atoms with Crippen LogP contribution in [0.3, 0.4) is 0 Å². The van der Waals surface area contributed by atoms with E-state index >= 15 is 0 Å². The highest BCUT2D eigenvalue weighted by Gasteiger charge is 2.30. The maximum absolute atomic E-state index is 6.12. The Morgan fingerprint density at radius 1 is 1.33 bits per heavy atom. The lowest BCUT2D eigenvalue weighted by Crippen LogP contribution is -2.41. The van der Waals surface area contributed by atoms with E-state index in [4.69, 9.17) is 11.6 Å². The molecule has 0 saturated heterocycles. The van der Waals surface area contributed by atoms with Gasteiger partial charge in [-0.3, -0.25) is 0 Å². The van der Waals surface area contributed by atoms with Crippen LogP contribution in [0, 0.1) is 11.8 Å². The van der Waals surface area contributed by atoms with E-state index in [2.05, 4.69) is 26.2 Å². The molecule has 0 aliphatic heterocycles. The summed E-state index contributed by atoms with van der Waals surface area (Å²) in [5, 5.41) is 3.78. The molecule has 2 heteroatoms. The fraction of sp³-hybridized carbons (Fsp3) is 1.00. The number of rotatable bonds is 2. The Labute approximate surface area is 80.9 Å². The van der Waals surface area contributed by atoms with E-state index in [-0.39, 0.29) is 0 Å². The standard InChI is InChI=1S/C10H20ClN/c1-7(2)9-5-4-8(11)6-10(9)12-3/h7-10,12H,4-6H2,1-3H3. The van der Waals surface area contributed by atoms with Gasteiger partial charge >= 0.3 is 0 Å². The molecule has 12 heavy (non-hydrogen) atoms. The average molecular weight is 190 g/mol. The van der Waals surface area contributed by atoms with Crippen LogP contribution in [-0.4, -0.2) is 18.5 Å². The molecular weight excluding hydrogens is 170 g/mol. The molecule has 0 aromatic rings. The lowest BCUT2D eigenvalue weighted by molar-refractivity contribution is 0.217. The van der Waals surface area contributed by atoms with Crippen molar-refractivity contribution in [2.45, 2.75) is 44.5 Å². The van der Waals surface area contributed by atoms with Gasteiger partial charge in [0.2, 0.25) is 0 Å². The molecule has 0 spiro atoms. The quantitative estimate of drug-likeness (QED) is 0.659. The minimum Gasteiger partial charge on any atom is -0.317 e. The molecule has 0 aromatic heterocycles. The molecule has 0 aromatic carbocycles. The monoisotopic (exact) mass is 189 g/mol. The van der Waals surface area contributed by atoms with Crippen LogP contribution >= 0.6 is 11.6 Å². The van der Waals surface area contributed by atoms with Crippen LogP contribution in [-0.2, 0) is 0 Å². The van der Waals surface area contributed by atoms with E-state index in [0.717, 1.165) is 18.3 Å². The predicted molar refractivity (Wildman–Crippen MR) is 54.7 cm³/mol. The molecule has 0 radical (unpaired) electrons. The normalized spacial score (nSPS) is 37.2. The third-order valence-electron chi connectivity index (χ3n) is 3.07. The summed E-state index contributed by atoms with van der Waals surface area (Å²) in [6, 6.07) is 0.640. The first-order valence-corrected chi connectivity index (χ1v) is 5.40. The second-order valence-corrected chi connectivity index (χ2v) is 4.83. The Morgan fingerprint density at radius 3 is 2.50 bits per heavy atom. The molecule has 3 atom stereocenters. The van der Waals surface area contributed by atoms with E-state index in [1.807, 2.05) is 0 Å². The van der Waals surface area contributed by atoms with E-state index < -0.39 is 0 Å². The van der Waals surface area contributed by atoms with Crippen LogP contribution in [0.1, 0.15) is 33.1 Å². The molecule has 3 unspecified atom stereocenters. The van der Waals surface area contributed by atoms with E-state index in [9.17, 15) is 0 Å². The lowest BCUT2D eigenvalue weighted by Gasteiger charge is -2.36. The van der Waals surface area contributed by atoms with E-state index in [0.29, 0.717) is 11.4 Å². The van der Waals surface area contributed by atoms with E-state index in [1.54, 1.807) is 0 Å². The molecule has 0 heterocycles. The zero-order chi connectivity index (χ0) is 9.14. The number of halogens is 1. The first kappa shape index (κ1) is 10.3. The van der Waals surface area contributed by atoms with Crippen LogP contribution in [0.4, 0.5) is 0 Å². The molecule has 1 N–H and O–H groups in total. The summed E-state index contributed by atoms with van der Waals surface area (Å²) in [6.07, 6.45) is 3.63. The van der Waals surface area contributed by atoms with Crippen molar-refractivity contribution in [2.75, 3.05) is 7.05 Å². The van der Waals surface area contributed by atoms with Gasteiger partial charge in [-0.05, 0) is 38.1 Å². The molecule has 1 saturated carbocycles. The van der Waals surface area contributed by atoms with Crippen LogP contribution in [0.2, 0.25) is 0 Å². The zero-order valence-corrected chi connectivity index (χ0v) is 9.06. The molecule has 72 valence electrons. The zero-order valence-electron chi connectivity index (χ0n) is 8.31. The van der Waals surface area contributed by atoms with Gasteiger partial charge < -0.3 is 5.32 Å². The third kappa shape index (κ3) is 2.37. The van der Waals surface area contributed by atoms with E-state index in [1.165, 1.54) is 12.8 Å². The van der Waals surface area contributed by atoms with Gasteiger partial charge in [0.05, 0.1) is 0 Å². The van der Waals surface area contributed by atoms with Crippen molar-refractivity contribution in [3.05, 3.63) is 0 Å². The third-order valence-corrected chi connectivity index (χ3v) is 3.46. The van der Waals surface area contributed by atoms with Gasteiger partial charge in [-0.15, -0.1) is 11.6 Å². The second kappa shape index (κ2) is 4.48. The van der Waals surface area contributed by atoms with Gasteiger partial charge in [-0.1, -0.05) is 13.8 Å².